The zero-order valence-corrected chi connectivity index (χ0v) is 18.2. The molecule has 0 amide bonds. The molecule has 7 heteroatoms. The van der Waals surface area contributed by atoms with Crippen LogP contribution in [0.5, 0.6) is 0 Å². The number of benzene rings is 2. The van der Waals surface area contributed by atoms with Gasteiger partial charge in [0.2, 0.25) is 10.0 Å². The summed E-state index contributed by atoms with van der Waals surface area (Å²) in [5, 5.41) is 5.09. The maximum Gasteiger partial charge on any atom is 0.339 e. The number of hydrogen-bond acceptors (Lipinski definition) is 4. The van der Waals surface area contributed by atoms with Crippen LogP contribution in [-0.2, 0) is 19.6 Å². The highest BCUT2D eigenvalue weighted by atomic mass is 79.9. The molecule has 27 heavy (non-hydrogen) atoms. The van der Waals surface area contributed by atoms with Gasteiger partial charge in [0.05, 0.1) is 10.5 Å². The summed E-state index contributed by atoms with van der Waals surface area (Å²) in [4.78, 5) is 12.1. The van der Waals surface area contributed by atoms with Crippen molar-refractivity contribution >= 4 is 43.1 Å². The van der Waals surface area contributed by atoms with Crippen LogP contribution in [0.3, 0.4) is 0 Å². The molecule has 2 aromatic rings. The number of primary sulfonamides is 1. The second kappa shape index (κ2) is 10.4. The van der Waals surface area contributed by atoms with E-state index in [1.165, 1.54) is 12.1 Å². The van der Waals surface area contributed by atoms with E-state index in [2.05, 4.69) is 15.9 Å². The summed E-state index contributed by atoms with van der Waals surface area (Å²) in [7, 11) is -3.74. The fourth-order valence-electron chi connectivity index (χ4n) is 2.39. The number of nitrogens with two attached hydrogens (primary N) is 1. The first-order valence-corrected chi connectivity index (χ1v) is 11.0. The number of hydrogen-bond donors (Lipinski definition) is 1. The van der Waals surface area contributed by atoms with E-state index in [1.54, 1.807) is 12.1 Å². The van der Waals surface area contributed by atoms with E-state index in [9.17, 15) is 13.2 Å². The van der Waals surface area contributed by atoms with E-state index in [-0.39, 0.29) is 11.5 Å². The van der Waals surface area contributed by atoms with Crippen molar-refractivity contribution < 1.29 is 17.9 Å². The summed E-state index contributed by atoms with van der Waals surface area (Å²) in [5.41, 5.74) is 2.68. The van der Waals surface area contributed by atoms with Gasteiger partial charge in [-0.15, -0.1) is 0 Å². The molecule has 1 aliphatic heterocycles. The predicted molar refractivity (Wildman–Crippen MR) is 112 cm³/mol. The predicted octanol–water partition coefficient (Wildman–Crippen LogP) is 4.62. The third-order valence-electron chi connectivity index (χ3n) is 3.52. The number of carbonyl (C=O) groups excluding carboxylic acids is 1. The molecule has 0 saturated heterocycles. The molecule has 2 aromatic carbocycles. The Morgan fingerprint density at radius 1 is 0.889 bits per heavy atom. The normalized spacial score (nSPS) is 13.2. The van der Waals surface area contributed by atoms with Gasteiger partial charge in [0.15, 0.2) is 0 Å². The maximum absolute atomic E-state index is 12.1. The van der Waals surface area contributed by atoms with Crippen molar-refractivity contribution in [3.8, 4) is 0 Å². The highest BCUT2D eigenvalue weighted by Crippen LogP contribution is 2.33. The molecular weight excluding hydrogens is 430 g/mol. The van der Waals surface area contributed by atoms with E-state index in [0.29, 0.717) is 5.57 Å². The summed E-state index contributed by atoms with van der Waals surface area (Å²) < 4.78 is 28.7. The summed E-state index contributed by atoms with van der Waals surface area (Å²) in [5.74, 6) is -0.391. The lowest BCUT2D eigenvalue weighted by Gasteiger charge is -2.06. The second-order valence-electron chi connectivity index (χ2n) is 5.01. The lowest BCUT2D eigenvalue weighted by Crippen LogP contribution is -2.11. The van der Waals surface area contributed by atoms with E-state index in [4.69, 9.17) is 9.88 Å². The van der Waals surface area contributed by atoms with Crippen molar-refractivity contribution in [1.82, 2.24) is 0 Å². The fraction of sp³-hybridized carbons (Fsp3) is 0.250. The van der Waals surface area contributed by atoms with Crippen molar-refractivity contribution in [2.75, 3.05) is 6.61 Å². The molecule has 2 N–H and O–H groups in total. The summed E-state index contributed by atoms with van der Waals surface area (Å²) in [6.45, 7) is 8.15. The van der Waals surface area contributed by atoms with Crippen LogP contribution in [0, 0.1) is 0 Å². The summed E-state index contributed by atoms with van der Waals surface area (Å²) >= 11 is 3.35. The van der Waals surface area contributed by atoms with Gasteiger partial charge in [-0.2, -0.15) is 0 Å². The minimum Gasteiger partial charge on any atom is -0.457 e. The van der Waals surface area contributed by atoms with Crippen LogP contribution in [-0.4, -0.2) is 21.0 Å². The smallest absolute Gasteiger partial charge is 0.339 e. The number of ether oxygens (including phenoxy) is 1. The molecule has 0 unspecified atom stereocenters. The molecule has 0 spiro atoms. The maximum atomic E-state index is 12.1. The first-order chi connectivity index (χ1) is 12.9. The van der Waals surface area contributed by atoms with Crippen molar-refractivity contribution in [3.05, 3.63) is 64.1 Å². The molecule has 5 nitrogen and oxygen atoms in total. The number of halogens is 1. The molecular formula is C20H24BrNO4S. The molecule has 1 aliphatic rings. The monoisotopic (exact) mass is 453 g/mol. The number of rotatable bonds is 3. The molecule has 1 heterocycles. The molecule has 0 saturated carbocycles. The molecule has 0 aromatic heterocycles. The minimum absolute atomic E-state index is 0.0253. The minimum atomic E-state index is -3.74. The first kappa shape index (κ1) is 23.1. The Hall–Kier alpha value is -1.96. The van der Waals surface area contributed by atoms with E-state index in [1.807, 2.05) is 52.0 Å². The van der Waals surface area contributed by atoms with E-state index < -0.39 is 16.0 Å². The molecule has 0 aliphatic carbocycles. The summed E-state index contributed by atoms with van der Waals surface area (Å²) in [6, 6.07) is 13.4. The van der Waals surface area contributed by atoms with Crippen LogP contribution in [0.4, 0.5) is 0 Å². The van der Waals surface area contributed by atoms with Gasteiger partial charge < -0.3 is 4.74 Å². The summed E-state index contributed by atoms with van der Waals surface area (Å²) in [6.07, 6.45) is 0. The van der Waals surface area contributed by atoms with Gasteiger partial charge >= 0.3 is 5.97 Å². The quantitative estimate of drug-likeness (QED) is 0.686. The largest absolute Gasteiger partial charge is 0.457 e. The van der Waals surface area contributed by atoms with Gasteiger partial charge in [-0.05, 0) is 35.4 Å². The van der Waals surface area contributed by atoms with Gasteiger partial charge in [0.25, 0.3) is 0 Å². The highest BCUT2D eigenvalue weighted by Gasteiger charge is 2.27. The van der Waals surface area contributed by atoms with Gasteiger partial charge in [0.1, 0.15) is 6.61 Å². The Labute approximate surface area is 169 Å². The zero-order valence-electron chi connectivity index (χ0n) is 15.8. The third-order valence-corrected chi connectivity index (χ3v) is 4.98. The topological polar surface area (TPSA) is 86.5 Å². The van der Waals surface area contributed by atoms with Crippen molar-refractivity contribution in [2.45, 2.75) is 32.6 Å². The second-order valence-corrected chi connectivity index (χ2v) is 7.48. The number of sulfonamides is 1. The van der Waals surface area contributed by atoms with Crippen LogP contribution in [0.2, 0.25) is 0 Å². The van der Waals surface area contributed by atoms with Gasteiger partial charge in [-0.3, -0.25) is 0 Å². The molecule has 146 valence electrons. The SMILES string of the molecule is CC.CC.NS(=O)(=O)c1ccc(C2=C(c3ccc(Br)cc3)C(=O)OC2)cc1. The van der Waals surface area contributed by atoms with Gasteiger partial charge in [-0.25, -0.2) is 18.4 Å². The fourth-order valence-corrected chi connectivity index (χ4v) is 3.17. The average Bonchev–Trinajstić information content (AvgIpc) is 3.07. The van der Waals surface area contributed by atoms with Gasteiger partial charge in [-0.1, -0.05) is 67.9 Å². The van der Waals surface area contributed by atoms with E-state index >= 15 is 0 Å². The van der Waals surface area contributed by atoms with Gasteiger partial charge in [0, 0.05) is 10.0 Å². The molecule has 0 atom stereocenters. The van der Waals surface area contributed by atoms with Crippen LogP contribution >= 0.6 is 15.9 Å². The number of esters is 1. The Bertz CT molecular complexity index is 902. The lowest BCUT2D eigenvalue weighted by atomic mass is 9.97. The number of cyclic esters (lactones) is 1. The van der Waals surface area contributed by atoms with Crippen LogP contribution in [0.25, 0.3) is 11.1 Å². The van der Waals surface area contributed by atoms with Crippen LogP contribution in [0.1, 0.15) is 38.8 Å². The standard InChI is InChI=1S/C16H12BrNO4S.2C2H6/c17-12-5-1-11(2-6-12)15-14(9-22-16(15)19)10-3-7-13(8-4-10)23(18,20)21;2*1-2/h1-8H,9H2,(H2,18,20,21);2*1-2H3. The first-order valence-electron chi connectivity index (χ1n) is 8.66. The Balaban J connectivity index is 0.000000855. The average molecular weight is 454 g/mol. The Morgan fingerprint density at radius 2 is 1.37 bits per heavy atom. The van der Waals surface area contributed by atoms with Crippen molar-refractivity contribution in [1.29, 1.82) is 0 Å². The Kier molecular flexibility index (Phi) is 8.88. The Morgan fingerprint density at radius 3 is 1.85 bits per heavy atom. The zero-order chi connectivity index (χ0) is 20.6. The van der Waals surface area contributed by atoms with E-state index in [0.717, 1.165) is 21.2 Å². The molecule has 0 radical (unpaired) electrons. The van der Waals surface area contributed by atoms with Crippen LogP contribution in [0.15, 0.2) is 57.9 Å². The molecule has 3 rings (SSSR count). The third kappa shape index (κ3) is 5.76. The van der Waals surface area contributed by atoms with Crippen molar-refractivity contribution in [2.24, 2.45) is 5.14 Å². The molecule has 0 fully saturated rings. The lowest BCUT2D eigenvalue weighted by molar-refractivity contribution is -0.133. The molecule has 0 bridgehead atoms. The van der Waals surface area contributed by atoms with Crippen LogP contribution < -0.4 is 5.14 Å². The van der Waals surface area contributed by atoms with Crippen molar-refractivity contribution in [3.63, 3.8) is 0 Å². The highest BCUT2D eigenvalue weighted by molar-refractivity contribution is 9.10. The number of carbonyl (C=O) groups is 1.